The van der Waals surface area contributed by atoms with Crippen LogP contribution >= 0.6 is 0 Å². The highest BCUT2D eigenvalue weighted by atomic mass is 16.6. The van der Waals surface area contributed by atoms with Crippen LogP contribution in [0.4, 0.5) is 0 Å². The van der Waals surface area contributed by atoms with E-state index in [4.69, 9.17) is 14.3 Å². The van der Waals surface area contributed by atoms with Gasteiger partial charge >= 0.3 is 5.97 Å². The van der Waals surface area contributed by atoms with Crippen LogP contribution in [-0.4, -0.2) is 25.4 Å². The molecule has 0 unspecified atom stereocenters. The van der Waals surface area contributed by atoms with Gasteiger partial charge in [0.25, 0.3) is 0 Å². The van der Waals surface area contributed by atoms with E-state index in [9.17, 15) is 4.79 Å². The number of oxime groups is 1. The average Bonchev–Trinajstić information content (AvgIpc) is 2.48. The first-order chi connectivity index (χ1) is 10.6. The number of esters is 1. The number of carbonyl (C=O) groups is 1. The maximum absolute atomic E-state index is 11.2. The van der Waals surface area contributed by atoms with Gasteiger partial charge in [-0.15, -0.1) is 0 Å². The molecule has 0 amide bonds. The van der Waals surface area contributed by atoms with E-state index in [0.29, 0.717) is 23.5 Å². The van der Waals surface area contributed by atoms with Crippen LogP contribution in [0.25, 0.3) is 0 Å². The van der Waals surface area contributed by atoms with Gasteiger partial charge < -0.3 is 14.3 Å². The van der Waals surface area contributed by atoms with E-state index in [-0.39, 0.29) is 12.6 Å². The molecule has 1 aromatic rings. The molecule has 0 saturated carbocycles. The Labute approximate surface area is 129 Å². The largest absolute Gasteiger partial charge is 0.488 e. The number of hydrogen-bond acceptors (Lipinski definition) is 5. The summed E-state index contributed by atoms with van der Waals surface area (Å²) in [6, 6.07) is 7.73. The van der Waals surface area contributed by atoms with Crippen LogP contribution in [0.15, 0.2) is 52.9 Å². The highest BCUT2D eigenvalue weighted by Gasteiger charge is 2.19. The summed E-state index contributed by atoms with van der Waals surface area (Å²) in [5.74, 6) is 0.846. The minimum Gasteiger partial charge on any atom is -0.488 e. The van der Waals surface area contributed by atoms with Gasteiger partial charge in [0.1, 0.15) is 25.2 Å². The summed E-state index contributed by atoms with van der Waals surface area (Å²) in [7, 11) is 1.48. The first-order valence-corrected chi connectivity index (χ1v) is 6.98. The highest BCUT2D eigenvalue weighted by molar-refractivity contribution is 6.03. The van der Waals surface area contributed by atoms with Gasteiger partial charge in [0.2, 0.25) is 0 Å². The third kappa shape index (κ3) is 3.97. The van der Waals surface area contributed by atoms with Gasteiger partial charge in [0.05, 0.1) is 11.3 Å². The quantitative estimate of drug-likeness (QED) is 0.619. The fourth-order valence-corrected chi connectivity index (χ4v) is 2.12. The van der Waals surface area contributed by atoms with Crippen molar-refractivity contribution in [1.82, 2.24) is 0 Å². The van der Waals surface area contributed by atoms with Crippen molar-refractivity contribution in [2.45, 2.75) is 20.3 Å². The first-order valence-electron chi connectivity index (χ1n) is 6.98. The third-order valence-electron chi connectivity index (χ3n) is 3.15. The lowest BCUT2D eigenvalue weighted by Crippen LogP contribution is -2.18. The van der Waals surface area contributed by atoms with Gasteiger partial charge in [-0.2, -0.15) is 0 Å². The zero-order valence-corrected chi connectivity index (χ0v) is 13.0. The SMILES string of the molecule is CO/N=C1\CC=CC(OC(C)=O)=C1COc1ccccc1C. The van der Waals surface area contributed by atoms with Crippen LogP contribution in [0.2, 0.25) is 0 Å². The van der Waals surface area contributed by atoms with Crippen LogP contribution in [0.1, 0.15) is 18.9 Å². The topological polar surface area (TPSA) is 57.1 Å². The molecule has 0 bridgehead atoms. The van der Waals surface area contributed by atoms with Crippen LogP contribution in [0, 0.1) is 6.92 Å². The van der Waals surface area contributed by atoms with Gasteiger partial charge in [-0.25, -0.2) is 0 Å². The maximum atomic E-state index is 11.2. The van der Waals surface area contributed by atoms with Crippen molar-refractivity contribution in [3.8, 4) is 5.75 Å². The fraction of sp³-hybridized carbons (Fsp3) is 0.294. The lowest BCUT2D eigenvalue weighted by Gasteiger charge is -2.18. The molecular formula is C17H19NO4. The summed E-state index contributed by atoms with van der Waals surface area (Å²) in [6.07, 6.45) is 4.23. The maximum Gasteiger partial charge on any atom is 0.308 e. The molecule has 1 aromatic carbocycles. The normalized spacial score (nSPS) is 15.9. The Kier molecular flexibility index (Phi) is 5.36. The molecule has 0 aliphatic heterocycles. The van der Waals surface area contributed by atoms with Crippen molar-refractivity contribution < 1.29 is 19.1 Å². The van der Waals surface area contributed by atoms with E-state index >= 15 is 0 Å². The lowest BCUT2D eigenvalue weighted by atomic mass is 10.0. The number of allylic oxidation sites excluding steroid dienone is 2. The number of carbonyl (C=O) groups excluding carboxylic acids is 1. The molecule has 1 aliphatic rings. The molecule has 0 radical (unpaired) electrons. The molecule has 5 nitrogen and oxygen atoms in total. The van der Waals surface area contributed by atoms with Gasteiger partial charge in [-0.3, -0.25) is 4.79 Å². The minimum absolute atomic E-state index is 0.250. The van der Waals surface area contributed by atoms with Crippen molar-refractivity contribution in [2.24, 2.45) is 5.16 Å². The van der Waals surface area contributed by atoms with Crippen LogP contribution in [-0.2, 0) is 14.4 Å². The van der Waals surface area contributed by atoms with Crippen molar-refractivity contribution in [3.63, 3.8) is 0 Å². The molecule has 22 heavy (non-hydrogen) atoms. The summed E-state index contributed by atoms with van der Waals surface area (Å²) in [5.41, 5.74) is 2.44. The van der Waals surface area contributed by atoms with Crippen LogP contribution < -0.4 is 4.74 Å². The smallest absolute Gasteiger partial charge is 0.308 e. The van der Waals surface area contributed by atoms with Gasteiger partial charge in [-0.05, 0) is 24.6 Å². The van der Waals surface area contributed by atoms with Gasteiger partial charge in [0, 0.05) is 13.3 Å². The highest BCUT2D eigenvalue weighted by Crippen LogP contribution is 2.22. The summed E-state index contributed by atoms with van der Waals surface area (Å²) < 4.78 is 11.1. The zero-order valence-electron chi connectivity index (χ0n) is 13.0. The standard InChI is InChI=1S/C17H19NO4/c1-12-7-4-5-9-16(12)21-11-14-15(18-20-3)8-6-10-17(14)22-13(2)19/h4-7,9-10H,8,11H2,1-3H3/b18-15+. The molecule has 2 rings (SSSR count). The lowest BCUT2D eigenvalue weighted by molar-refractivity contribution is -0.136. The molecule has 0 atom stereocenters. The number of aryl methyl sites for hydroxylation is 1. The van der Waals surface area contributed by atoms with E-state index in [2.05, 4.69) is 5.16 Å². The minimum atomic E-state index is -0.383. The summed E-state index contributed by atoms with van der Waals surface area (Å²) >= 11 is 0. The summed E-state index contributed by atoms with van der Waals surface area (Å²) in [5, 5.41) is 3.99. The Balaban J connectivity index is 2.25. The first kappa shape index (κ1) is 15.8. The third-order valence-corrected chi connectivity index (χ3v) is 3.15. The Bertz CT molecular complexity index is 644. The molecule has 1 aliphatic carbocycles. The second-order valence-corrected chi connectivity index (χ2v) is 4.82. The second kappa shape index (κ2) is 7.45. The van der Waals surface area contributed by atoms with E-state index < -0.39 is 0 Å². The van der Waals surface area contributed by atoms with Crippen LogP contribution in [0.3, 0.4) is 0 Å². The Morgan fingerprint density at radius 1 is 1.32 bits per heavy atom. The van der Waals surface area contributed by atoms with E-state index in [1.165, 1.54) is 14.0 Å². The molecule has 0 saturated heterocycles. The van der Waals surface area contributed by atoms with Gasteiger partial charge in [0.15, 0.2) is 0 Å². The van der Waals surface area contributed by atoms with E-state index in [0.717, 1.165) is 11.3 Å². The predicted octanol–water partition coefficient (Wildman–Crippen LogP) is 3.15. The Morgan fingerprint density at radius 2 is 2.09 bits per heavy atom. The number of nitrogens with zero attached hydrogens (tertiary/aromatic N) is 1. The molecule has 116 valence electrons. The number of benzene rings is 1. The molecular weight excluding hydrogens is 282 g/mol. The monoisotopic (exact) mass is 301 g/mol. The number of hydrogen-bond donors (Lipinski definition) is 0. The second-order valence-electron chi connectivity index (χ2n) is 4.82. The zero-order chi connectivity index (χ0) is 15.9. The molecule has 0 N–H and O–H groups in total. The predicted molar refractivity (Wildman–Crippen MR) is 83.7 cm³/mol. The molecule has 5 heteroatoms. The molecule has 0 fully saturated rings. The molecule has 0 aromatic heterocycles. The Morgan fingerprint density at radius 3 is 2.77 bits per heavy atom. The summed E-state index contributed by atoms with van der Waals surface area (Å²) in [4.78, 5) is 16.1. The van der Waals surface area contributed by atoms with E-state index in [1.807, 2.05) is 37.3 Å². The fourth-order valence-electron chi connectivity index (χ4n) is 2.12. The average molecular weight is 301 g/mol. The molecule has 0 spiro atoms. The summed E-state index contributed by atoms with van der Waals surface area (Å²) in [6.45, 7) is 3.59. The van der Waals surface area contributed by atoms with Crippen molar-refractivity contribution in [3.05, 3.63) is 53.3 Å². The number of ether oxygens (including phenoxy) is 2. The van der Waals surface area contributed by atoms with Gasteiger partial charge in [-0.1, -0.05) is 29.4 Å². The van der Waals surface area contributed by atoms with E-state index in [1.54, 1.807) is 6.08 Å². The number of rotatable bonds is 5. The van der Waals surface area contributed by atoms with Crippen molar-refractivity contribution in [2.75, 3.05) is 13.7 Å². The van der Waals surface area contributed by atoms with Crippen molar-refractivity contribution in [1.29, 1.82) is 0 Å². The van der Waals surface area contributed by atoms with Crippen LogP contribution in [0.5, 0.6) is 5.75 Å². The number of para-hydroxylation sites is 1. The molecule has 0 heterocycles. The Hall–Kier alpha value is -2.56. The van der Waals surface area contributed by atoms with Crippen molar-refractivity contribution >= 4 is 11.7 Å².